The highest BCUT2D eigenvalue weighted by molar-refractivity contribution is 5.79. The number of hydrogen-bond acceptors (Lipinski definition) is 8. The molecule has 7 N–H and O–H groups in total. The zero-order valence-corrected chi connectivity index (χ0v) is 22.3. The Hall–Kier alpha value is -0.810. The summed E-state index contributed by atoms with van der Waals surface area (Å²) in [6, 6.07) is 1.46. The molecule has 1 aliphatic carbocycles. The lowest BCUT2D eigenvalue weighted by Gasteiger charge is -2.43. The van der Waals surface area contributed by atoms with E-state index >= 15 is 0 Å². The first-order chi connectivity index (χ1) is 17.6. The van der Waals surface area contributed by atoms with E-state index in [2.05, 4.69) is 43.7 Å². The predicted octanol–water partition coefficient (Wildman–Crippen LogP) is 0.267. The van der Waals surface area contributed by atoms with Gasteiger partial charge in [-0.15, -0.1) is 0 Å². The largest absolute Gasteiger partial charge is 0.395 e. The molecule has 4 heterocycles. The minimum Gasteiger partial charge on any atom is -0.395 e. The summed E-state index contributed by atoms with van der Waals surface area (Å²) in [6.07, 6.45) is 11.3. The van der Waals surface area contributed by atoms with Gasteiger partial charge in [0.2, 0.25) is 5.91 Å². The van der Waals surface area contributed by atoms with Crippen LogP contribution in [0.1, 0.15) is 71.1 Å². The third-order valence-electron chi connectivity index (χ3n) is 9.80. The number of rotatable bonds is 7. The molecule has 0 spiro atoms. The van der Waals surface area contributed by atoms with Crippen molar-refractivity contribution in [2.45, 2.75) is 108 Å². The first kappa shape index (κ1) is 26.8. The van der Waals surface area contributed by atoms with Crippen molar-refractivity contribution in [2.24, 2.45) is 17.8 Å². The highest BCUT2D eigenvalue weighted by Gasteiger charge is 2.37. The smallest absolute Gasteiger partial charge is 0.223 e. The monoisotopic (exact) mass is 505 g/mol. The number of amides is 1. The lowest BCUT2D eigenvalue weighted by atomic mass is 9.82. The molecule has 206 valence electrons. The number of aliphatic hydroxyl groups is 1. The summed E-state index contributed by atoms with van der Waals surface area (Å²) in [7, 11) is 0. The van der Waals surface area contributed by atoms with Crippen LogP contribution in [0, 0.1) is 17.8 Å². The number of nitrogens with zero attached hydrogens (tertiary/aromatic N) is 1. The van der Waals surface area contributed by atoms with Crippen molar-refractivity contribution in [1.29, 1.82) is 0 Å². The molecular weight excluding hydrogens is 454 g/mol. The number of hydrogen-bond donors (Lipinski definition) is 7. The maximum Gasteiger partial charge on any atom is 0.223 e. The van der Waals surface area contributed by atoms with Crippen LogP contribution in [0.4, 0.5) is 0 Å². The van der Waals surface area contributed by atoms with Crippen LogP contribution in [0.3, 0.4) is 0 Å². The van der Waals surface area contributed by atoms with Gasteiger partial charge in [-0.1, -0.05) is 6.92 Å². The normalized spacial score (nSPS) is 42.8. The zero-order chi connectivity index (χ0) is 24.9. The molecule has 9 atom stereocenters. The van der Waals surface area contributed by atoms with Crippen molar-refractivity contribution in [3.8, 4) is 0 Å². The third kappa shape index (κ3) is 6.60. The molecule has 4 aliphatic heterocycles. The quantitative estimate of drug-likeness (QED) is 0.264. The fourth-order valence-corrected chi connectivity index (χ4v) is 7.51. The molecule has 4 saturated heterocycles. The topological polar surface area (TPSA) is 113 Å². The van der Waals surface area contributed by atoms with Gasteiger partial charge in [-0.05, 0) is 102 Å². The molecule has 1 amide bonds. The van der Waals surface area contributed by atoms with E-state index < -0.39 is 0 Å². The van der Waals surface area contributed by atoms with Crippen LogP contribution in [-0.4, -0.2) is 91.9 Å². The minimum atomic E-state index is 0.0634. The fourth-order valence-electron chi connectivity index (χ4n) is 7.51. The van der Waals surface area contributed by atoms with Gasteiger partial charge in [0.05, 0.1) is 12.8 Å². The molecule has 0 aromatic carbocycles. The first-order valence-electron chi connectivity index (χ1n) is 15.0. The number of piperidine rings is 2. The molecule has 1 saturated carbocycles. The van der Waals surface area contributed by atoms with E-state index in [4.69, 9.17) is 0 Å². The standard InChI is InChI=1S/C27H51N7O2/c1-18-6-7-21(15-24(18)33-27-30-12-9-23(32-27)20-4-2-10-28-16-20)31-26(36)19-8-11-29-25(14-19)34-13-3-5-22(34)17-35/h18-25,27-30,32-33,35H,2-17H2,1H3,(H,31,36)/t18?,19?,20?,21?,22-,23?,24?,25?,27?/m0/s1. The van der Waals surface area contributed by atoms with E-state index in [0.717, 1.165) is 83.6 Å². The first-order valence-corrected chi connectivity index (χ1v) is 15.0. The molecule has 5 fully saturated rings. The zero-order valence-electron chi connectivity index (χ0n) is 22.3. The molecule has 0 aromatic heterocycles. The van der Waals surface area contributed by atoms with Gasteiger partial charge in [0.15, 0.2) is 0 Å². The van der Waals surface area contributed by atoms with Crippen molar-refractivity contribution in [1.82, 2.24) is 36.8 Å². The van der Waals surface area contributed by atoms with E-state index in [0.29, 0.717) is 18.0 Å². The Kier molecular flexibility index (Phi) is 9.54. The highest BCUT2D eigenvalue weighted by Crippen LogP contribution is 2.28. The summed E-state index contributed by atoms with van der Waals surface area (Å²) in [6.45, 7) is 7.81. The predicted molar refractivity (Wildman–Crippen MR) is 142 cm³/mol. The van der Waals surface area contributed by atoms with Gasteiger partial charge < -0.3 is 21.1 Å². The van der Waals surface area contributed by atoms with Crippen molar-refractivity contribution in [2.75, 3.05) is 39.3 Å². The second kappa shape index (κ2) is 12.8. The van der Waals surface area contributed by atoms with Crippen LogP contribution in [0.25, 0.3) is 0 Å². The number of likely N-dealkylation sites (tertiary alicyclic amines) is 1. The molecule has 0 aromatic rings. The number of aliphatic hydroxyl groups excluding tert-OH is 1. The molecule has 5 aliphatic rings. The Morgan fingerprint density at radius 2 is 1.89 bits per heavy atom. The van der Waals surface area contributed by atoms with Gasteiger partial charge in [-0.2, -0.15) is 0 Å². The van der Waals surface area contributed by atoms with E-state index in [9.17, 15) is 9.90 Å². The average molecular weight is 506 g/mol. The van der Waals surface area contributed by atoms with Gasteiger partial charge in [0.1, 0.15) is 6.29 Å². The van der Waals surface area contributed by atoms with Crippen molar-refractivity contribution in [3.63, 3.8) is 0 Å². The number of carbonyl (C=O) groups is 1. The second-order valence-corrected chi connectivity index (χ2v) is 12.2. The summed E-state index contributed by atoms with van der Waals surface area (Å²) in [5.41, 5.74) is 0. The average Bonchev–Trinajstić information content (AvgIpc) is 3.40. The third-order valence-corrected chi connectivity index (χ3v) is 9.80. The minimum absolute atomic E-state index is 0.0634. The number of nitrogens with one attached hydrogen (secondary N) is 6. The van der Waals surface area contributed by atoms with Crippen LogP contribution < -0.4 is 31.9 Å². The maximum atomic E-state index is 13.3. The lowest BCUT2D eigenvalue weighted by Crippen LogP contribution is -2.66. The second-order valence-electron chi connectivity index (χ2n) is 12.2. The molecule has 0 radical (unpaired) electrons. The summed E-state index contributed by atoms with van der Waals surface area (Å²) in [5.74, 6) is 1.63. The van der Waals surface area contributed by atoms with Crippen molar-refractivity contribution < 1.29 is 9.90 Å². The molecular formula is C27H51N7O2. The molecule has 0 bridgehead atoms. The van der Waals surface area contributed by atoms with Crippen LogP contribution in [0.5, 0.6) is 0 Å². The van der Waals surface area contributed by atoms with E-state index in [1.54, 1.807) is 0 Å². The molecule has 9 nitrogen and oxygen atoms in total. The summed E-state index contributed by atoms with van der Waals surface area (Å²) in [5, 5.41) is 31.7. The summed E-state index contributed by atoms with van der Waals surface area (Å²) < 4.78 is 0. The van der Waals surface area contributed by atoms with Gasteiger partial charge in [0, 0.05) is 36.6 Å². The molecule has 8 unspecified atom stereocenters. The van der Waals surface area contributed by atoms with Gasteiger partial charge >= 0.3 is 0 Å². The number of carbonyl (C=O) groups excluding carboxylic acids is 1. The Bertz CT molecular complexity index is 706. The van der Waals surface area contributed by atoms with Crippen LogP contribution in [0.2, 0.25) is 0 Å². The molecule has 5 rings (SSSR count). The Morgan fingerprint density at radius 1 is 1.00 bits per heavy atom. The van der Waals surface area contributed by atoms with Crippen molar-refractivity contribution in [3.05, 3.63) is 0 Å². The van der Waals surface area contributed by atoms with Gasteiger partial charge in [-0.25, -0.2) is 0 Å². The summed E-state index contributed by atoms with van der Waals surface area (Å²) in [4.78, 5) is 15.7. The van der Waals surface area contributed by atoms with Gasteiger partial charge in [-0.3, -0.25) is 25.6 Å². The van der Waals surface area contributed by atoms with E-state index in [1.165, 1.54) is 19.3 Å². The molecule has 36 heavy (non-hydrogen) atoms. The Labute approximate surface area is 217 Å². The van der Waals surface area contributed by atoms with Crippen LogP contribution in [-0.2, 0) is 4.79 Å². The van der Waals surface area contributed by atoms with Crippen molar-refractivity contribution >= 4 is 5.91 Å². The highest BCUT2D eigenvalue weighted by atomic mass is 16.3. The Morgan fingerprint density at radius 3 is 2.72 bits per heavy atom. The fraction of sp³-hybridized carbons (Fsp3) is 0.963. The van der Waals surface area contributed by atoms with E-state index in [1.807, 2.05) is 0 Å². The SMILES string of the molecule is CC1CCC(NC(=O)C2CCNC(N3CCC[C@H]3CO)C2)CC1NC1NCCC(C2CCCNC2)N1. The van der Waals surface area contributed by atoms with Crippen LogP contribution in [0.15, 0.2) is 0 Å². The maximum absolute atomic E-state index is 13.3. The van der Waals surface area contributed by atoms with E-state index in [-0.39, 0.29) is 43.0 Å². The Balaban J connectivity index is 1.10. The molecule has 9 heteroatoms. The van der Waals surface area contributed by atoms with Gasteiger partial charge in [0.25, 0.3) is 0 Å². The summed E-state index contributed by atoms with van der Waals surface area (Å²) >= 11 is 0. The lowest BCUT2D eigenvalue weighted by molar-refractivity contribution is -0.128. The van der Waals surface area contributed by atoms with Crippen LogP contribution >= 0.6 is 0 Å².